The molecule has 1 atom stereocenters. The van der Waals surface area contributed by atoms with Gasteiger partial charge in [0.2, 0.25) is 0 Å². The van der Waals surface area contributed by atoms with Gasteiger partial charge in [-0.15, -0.1) is 12.4 Å². The van der Waals surface area contributed by atoms with Gasteiger partial charge in [-0.3, -0.25) is 4.68 Å². The first-order chi connectivity index (χ1) is 9.80. The van der Waals surface area contributed by atoms with E-state index in [1.807, 2.05) is 45.0 Å². The highest BCUT2D eigenvalue weighted by Gasteiger charge is 2.40. The predicted molar refractivity (Wildman–Crippen MR) is 91.4 cm³/mol. The van der Waals surface area contributed by atoms with Crippen molar-refractivity contribution in [1.29, 1.82) is 0 Å². The van der Waals surface area contributed by atoms with Gasteiger partial charge in [0.25, 0.3) is 0 Å². The number of halogens is 2. The van der Waals surface area contributed by atoms with Gasteiger partial charge >= 0.3 is 0 Å². The molecule has 2 rings (SSSR count). The number of aromatic nitrogens is 3. The lowest BCUT2D eigenvalue weighted by Crippen LogP contribution is -2.47. The Kier molecular flexibility index (Phi) is 6.41. The summed E-state index contributed by atoms with van der Waals surface area (Å²) in [6, 6.07) is 7.76. The number of nitrogens with zero attached hydrogens (tertiary/aromatic N) is 3. The average molecular weight is 344 g/mol. The fourth-order valence-electron chi connectivity index (χ4n) is 2.28. The van der Waals surface area contributed by atoms with E-state index in [4.69, 9.17) is 11.6 Å². The quantitative estimate of drug-likeness (QED) is 0.898. The molecule has 0 saturated carbocycles. The summed E-state index contributed by atoms with van der Waals surface area (Å²) < 4.78 is 1.69. The highest BCUT2D eigenvalue weighted by atomic mass is 35.5. The van der Waals surface area contributed by atoms with Crippen LogP contribution in [0.15, 0.2) is 36.9 Å². The van der Waals surface area contributed by atoms with Gasteiger partial charge in [0.05, 0.1) is 12.1 Å². The van der Waals surface area contributed by atoms with Crippen LogP contribution < -0.4 is 0 Å². The molecule has 2 aromatic rings. The molecule has 0 bridgehead atoms. The summed E-state index contributed by atoms with van der Waals surface area (Å²) in [5.41, 5.74) is 0.0479. The van der Waals surface area contributed by atoms with Gasteiger partial charge in [0.15, 0.2) is 0 Å². The SMILES string of the molecule is CC(C)(C)C(O)(CCc1ccc(Cl)cc1)Cn1cncn1.Cl. The number of aliphatic hydroxyl groups is 1. The molecular formula is C16H23Cl2N3O. The highest BCUT2D eigenvalue weighted by molar-refractivity contribution is 6.30. The third kappa shape index (κ3) is 4.70. The minimum atomic E-state index is -0.861. The van der Waals surface area contributed by atoms with Crippen molar-refractivity contribution in [2.24, 2.45) is 5.41 Å². The second-order valence-electron chi connectivity index (χ2n) is 6.50. The standard InChI is InChI=1S/C16H22ClN3O.ClH/c1-15(2,3)16(21,10-20-12-18-11-19-20)9-8-13-4-6-14(17)7-5-13;/h4-7,11-12,21H,8-10H2,1-3H3;1H. The summed E-state index contributed by atoms with van der Waals surface area (Å²) in [6.45, 7) is 6.58. The second-order valence-corrected chi connectivity index (χ2v) is 6.94. The summed E-state index contributed by atoms with van der Waals surface area (Å²) in [4.78, 5) is 3.94. The summed E-state index contributed by atoms with van der Waals surface area (Å²) in [5.74, 6) is 0. The Morgan fingerprint density at radius 1 is 1.18 bits per heavy atom. The van der Waals surface area contributed by atoms with E-state index >= 15 is 0 Å². The van der Waals surface area contributed by atoms with E-state index in [1.165, 1.54) is 11.9 Å². The summed E-state index contributed by atoms with van der Waals surface area (Å²) >= 11 is 5.90. The van der Waals surface area contributed by atoms with Gasteiger partial charge in [-0.25, -0.2) is 4.98 Å². The van der Waals surface area contributed by atoms with Crippen molar-refractivity contribution in [3.05, 3.63) is 47.5 Å². The van der Waals surface area contributed by atoms with Crippen LogP contribution in [0.1, 0.15) is 32.8 Å². The Bertz CT molecular complexity index is 564. The maximum Gasteiger partial charge on any atom is 0.137 e. The van der Waals surface area contributed by atoms with E-state index < -0.39 is 5.60 Å². The average Bonchev–Trinajstić information content (AvgIpc) is 2.89. The third-order valence-corrected chi connectivity index (χ3v) is 4.28. The molecule has 0 aliphatic rings. The van der Waals surface area contributed by atoms with E-state index in [2.05, 4.69) is 10.1 Å². The fraction of sp³-hybridized carbons (Fsp3) is 0.500. The number of hydrogen-bond donors (Lipinski definition) is 1. The number of benzene rings is 1. The minimum Gasteiger partial charge on any atom is -0.387 e. The summed E-state index contributed by atoms with van der Waals surface area (Å²) in [7, 11) is 0. The third-order valence-electron chi connectivity index (χ3n) is 4.03. The van der Waals surface area contributed by atoms with Gasteiger partial charge in [-0.2, -0.15) is 5.10 Å². The number of rotatable bonds is 5. The van der Waals surface area contributed by atoms with E-state index in [1.54, 1.807) is 11.0 Å². The summed E-state index contributed by atoms with van der Waals surface area (Å²) in [5, 5.41) is 16.0. The molecule has 0 aliphatic carbocycles. The first-order valence-electron chi connectivity index (χ1n) is 7.09. The van der Waals surface area contributed by atoms with Crippen LogP contribution in [0.25, 0.3) is 0 Å². The van der Waals surface area contributed by atoms with Crippen molar-refractivity contribution in [2.75, 3.05) is 0 Å². The molecule has 1 aromatic carbocycles. The largest absolute Gasteiger partial charge is 0.387 e. The number of aryl methyl sites for hydroxylation is 1. The van der Waals surface area contributed by atoms with Crippen molar-refractivity contribution in [3.8, 4) is 0 Å². The highest BCUT2D eigenvalue weighted by Crippen LogP contribution is 2.35. The molecule has 6 heteroatoms. The molecule has 4 nitrogen and oxygen atoms in total. The molecule has 0 fully saturated rings. The first-order valence-corrected chi connectivity index (χ1v) is 7.47. The smallest absolute Gasteiger partial charge is 0.137 e. The minimum absolute atomic E-state index is 0. The molecule has 22 heavy (non-hydrogen) atoms. The molecule has 0 radical (unpaired) electrons. The maximum atomic E-state index is 11.1. The van der Waals surface area contributed by atoms with E-state index in [0.29, 0.717) is 13.0 Å². The van der Waals surface area contributed by atoms with Crippen LogP contribution in [-0.4, -0.2) is 25.5 Å². The van der Waals surface area contributed by atoms with Crippen molar-refractivity contribution >= 4 is 24.0 Å². The van der Waals surface area contributed by atoms with Crippen LogP contribution in [0.5, 0.6) is 0 Å². The monoisotopic (exact) mass is 343 g/mol. The van der Waals surface area contributed by atoms with Crippen LogP contribution in [0, 0.1) is 5.41 Å². The van der Waals surface area contributed by atoms with Gasteiger partial charge < -0.3 is 5.11 Å². The Morgan fingerprint density at radius 3 is 2.32 bits per heavy atom. The van der Waals surface area contributed by atoms with Crippen LogP contribution in [0.3, 0.4) is 0 Å². The lowest BCUT2D eigenvalue weighted by atomic mass is 9.73. The molecule has 1 aromatic heterocycles. The molecule has 1 N–H and O–H groups in total. The molecular weight excluding hydrogens is 321 g/mol. The molecule has 122 valence electrons. The van der Waals surface area contributed by atoms with Crippen LogP contribution in [-0.2, 0) is 13.0 Å². The van der Waals surface area contributed by atoms with Crippen LogP contribution >= 0.6 is 24.0 Å². The van der Waals surface area contributed by atoms with Crippen molar-refractivity contribution in [2.45, 2.75) is 45.8 Å². The molecule has 0 aliphatic heterocycles. The Morgan fingerprint density at radius 2 is 1.82 bits per heavy atom. The first kappa shape index (κ1) is 18.9. The van der Waals surface area contributed by atoms with Gasteiger partial charge in [0.1, 0.15) is 12.7 Å². The van der Waals surface area contributed by atoms with Gasteiger partial charge in [0, 0.05) is 5.02 Å². The lowest BCUT2D eigenvalue weighted by molar-refractivity contribution is -0.0796. The van der Waals surface area contributed by atoms with Gasteiger partial charge in [-0.1, -0.05) is 44.5 Å². The van der Waals surface area contributed by atoms with E-state index in [9.17, 15) is 5.11 Å². The van der Waals surface area contributed by atoms with E-state index in [0.717, 1.165) is 11.4 Å². The van der Waals surface area contributed by atoms with Gasteiger partial charge in [-0.05, 0) is 36.0 Å². The molecule has 0 saturated heterocycles. The zero-order chi connectivity index (χ0) is 15.5. The predicted octanol–water partition coefficient (Wildman–Crippen LogP) is 3.76. The van der Waals surface area contributed by atoms with Crippen molar-refractivity contribution in [3.63, 3.8) is 0 Å². The zero-order valence-electron chi connectivity index (χ0n) is 13.2. The van der Waals surface area contributed by atoms with Crippen molar-refractivity contribution < 1.29 is 5.11 Å². The topological polar surface area (TPSA) is 50.9 Å². The molecule has 1 unspecified atom stereocenters. The molecule has 1 heterocycles. The summed E-state index contributed by atoms with van der Waals surface area (Å²) in [6.07, 6.45) is 4.57. The molecule has 0 amide bonds. The Balaban J connectivity index is 0.00000242. The Labute approximate surface area is 142 Å². The normalized spacial score (nSPS) is 14.2. The van der Waals surface area contributed by atoms with Crippen LogP contribution in [0.2, 0.25) is 5.02 Å². The fourth-order valence-corrected chi connectivity index (χ4v) is 2.40. The molecule has 0 spiro atoms. The van der Waals surface area contributed by atoms with Crippen molar-refractivity contribution in [1.82, 2.24) is 14.8 Å². The lowest BCUT2D eigenvalue weighted by Gasteiger charge is -2.40. The zero-order valence-corrected chi connectivity index (χ0v) is 14.7. The Hall–Kier alpha value is -1.10. The van der Waals surface area contributed by atoms with Crippen LogP contribution in [0.4, 0.5) is 0 Å². The maximum absolute atomic E-state index is 11.1. The second kappa shape index (κ2) is 7.44. The number of hydrogen-bond acceptors (Lipinski definition) is 3. The van der Waals surface area contributed by atoms with E-state index in [-0.39, 0.29) is 17.8 Å².